The number of nitrogens with zero attached hydrogens (tertiary/aromatic N) is 2. The molecule has 112 valence electrons. The quantitative estimate of drug-likeness (QED) is 0.758. The van der Waals surface area contributed by atoms with Crippen LogP contribution >= 0.6 is 12.4 Å². The highest BCUT2D eigenvalue weighted by Crippen LogP contribution is 2.37. The Bertz CT molecular complexity index is 810. The molecule has 3 aromatic rings. The zero-order valence-corrected chi connectivity index (χ0v) is 13.1. The Balaban J connectivity index is 0.00000144. The lowest BCUT2D eigenvalue weighted by Gasteiger charge is -2.16. The third-order valence-electron chi connectivity index (χ3n) is 4.09. The second-order valence-corrected chi connectivity index (χ2v) is 5.26. The van der Waals surface area contributed by atoms with Gasteiger partial charge in [-0.1, -0.05) is 24.3 Å². The first-order chi connectivity index (χ1) is 10.4. The van der Waals surface area contributed by atoms with E-state index in [2.05, 4.69) is 44.8 Å². The maximum absolute atomic E-state index is 4.56. The smallest absolute Gasteiger partial charge is 0.126 e. The molecule has 0 aliphatic heterocycles. The summed E-state index contributed by atoms with van der Waals surface area (Å²) in [5.41, 5.74) is 7.28. The summed E-state index contributed by atoms with van der Waals surface area (Å²) in [6.07, 6.45) is 3.91. The third kappa shape index (κ3) is 2.25. The van der Waals surface area contributed by atoms with Gasteiger partial charge in [-0.15, -0.1) is 12.4 Å². The van der Waals surface area contributed by atoms with Gasteiger partial charge >= 0.3 is 0 Å². The molecule has 22 heavy (non-hydrogen) atoms. The summed E-state index contributed by atoms with van der Waals surface area (Å²) >= 11 is 0. The maximum atomic E-state index is 4.56. The molecule has 2 heterocycles. The molecule has 0 spiro atoms. The number of rotatable bonds is 2. The normalized spacial score (nSPS) is 12.0. The fraction of sp³-hybridized carbons (Fsp3) is 0.176. The molecule has 1 aliphatic carbocycles. The van der Waals surface area contributed by atoms with Gasteiger partial charge in [0.1, 0.15) is 5.82 Å². The van der Waals surface area contributed by atoms with Crippen LogP contribution in [0.4, 0.5) is 5.82 Å². The van der Waals surface area contributed by atoms with E-state index in [1.54, 1.807) is 0 Å². The number of aromatic amines is 1. The Hall–Kier alpha value is -2.33. The van der Waals surface area contributed by atoms with Crippen LogP contribution in [0, 0.1) is 0 Å². The van der Waals surface area contributed by atoms with Crippen molar-refractivity contribution in [3.63, 3.8) is 0 Å². The van der Waals surface area contributed by atoms with Gasteiger partial charge < -0.3 is 5.32 Å². The van der Waals surface area contributed by atoms with E-state index < -0.39 is 0 Å². The van der Waals surface area contributed by atoms with Crippen molar-refractivity contribution in [2.24, 2.45) is 0 Å². The van der Waals surface area contributed by atoms with Crippen molar-refractivity contribution in [1.29, 1.82) is 0 Å². The van der Waals surface area contributed by atoms with Crippen LogP contribution < -0.4 is 5.32 Å². The summed E-state index contributed by atoms with van der Waals surface area (Å²) in [7, 11) is 1.88. The van der Waals surface area contributed by atoms with E-state index in [0.29, 0.717) is 0 Å². The molecule has 4 nitrogen and oxygen atoms in total. The average Bonchev–Trinajstić information content (AvgIpc) is 2.99. The van der Waals surface area contributed by atoms with Crippen LogP contribution in [-0.2, 0) is 12.8 Å². The summed E-state index contributed by atoms with van der Waals surface area (Å²) < 4.78 is 0. The van der Waals surface area contributed by atoms with Gasteiger partial charge in [0.2, 0.25) is 0 Å². The highest BCUT2D eigenvalue weighted by molar-refractivity contribution is 5.85. The van der Waals surface area contributed by atoms with Crippen molar-refractivity contribution in [2.75, 3.05) is 12.4 Å². The van der Waals surface area contributed by atoms with Gasteiger partial charge in [-0.05, 0) is 30.5 Å². The minimum Gasteiger partial charge on any atom is -0.373 e. The lowest BCUT2D eigenvalue weighted by atomic mass is 9.88. The highest BCUT2D eigenvalue weighted by Gasteiger charge is 2.22. The number of aryl methyl sites for hydroxylation is 1. The van der Waals surface area contributed by atoms with Crippen LogP contribution in [0.25, 0.3) is 22.5 Å². The second kappa shape index (κ2) is 5.81. The average molecular weight is 313 g/mol. The predicted molar refractivity (Wildman–Crippen MR) is 91.5 cm³/mol. The SMILES string of the molecule is CNc1cc(-c2n[nH]c3c2CCc2ccccc2-3)ccn1.Cl. The van der Waals surface area contributed by atoms with Gasteiger partial charge in [0, 0.05) is 29.9 Å². The van der Waals surface area contributed by atoms with Crippen LogP contribution in [0.2, 0.25) is 0 Å². The Morgan fingerprint density at radius 3 is 2.86 bits per heavy atom. The number of hydrogen-bond acceptors (Lipinski definition) is 3. The first-order valence-electron chi connectivity index (χ1n) is 7.16. The predicted octanol–water partition coefficient (Wildman–Crippen LogP) is 3.70. The number of halogens is 1. The largest absolute Gasteiger partial charge is 0.373 e. The first kappa shape index (κ1) is 14.6. The van der Waals surface area contributed by atoms with E-state index in [-0.39, 0.29) is 12.4 Å². The third-order valence-corrected chi connectivity index (χ3v) is 4.09. The zero-order valence-electron chi connectivity index (χ0n) is 12.3. The van der Waals surface area contributed by atoms with Crippen molar-refractivity contribution < 1.29 is 0 Å². The van der Waals surface area contributed by atoms with Crippen LogP contribution in [0.15, 0.2) is 42.6 Å². The fourth-order valence-corrected chi connectivity index (χ4v) is 3.03. The molecule has 0 saturated heterocycles. The standard InChI is InChI=1S/C17H16N4.ClH/c1-18-15-10-12(8-9-19-15)16-14-7-6-11-4-2-3-5-13(11)17(14)21-20-16;/h2-5,8-10H,6-7H2,1H3,(H,18,19)(H,20,21);1H. The van der Waals surface area contributed by atoms with Gasteiger partial charge in [-0.3, -0.25) is 5.10 Å². The molecular formula is C17H17ClN4. The second-order valence-electron chi connectivity index (χ2n) is 5.26. The van der Waals surface area contributed by atoms with E-state index in [4.69, 9.17) is 0 Å². The van der Waals surface area contributed by atoms with Crippen molar-refractivity contribution in [2.45, 2.75) is 12.8 Å². The lowest BCUT2D eigenvalue weighted by Crippen LogP contribution is -2.03. The number of hydrogen-bond donors (Lipinski definition) is 2. The Kier molecular flexibility index (Phi) is 3.86. The molecule has 2 aromatic heterocycles. The van der Waals surface area contributed by atoms with Crippen LogP contribution in [0.1, 0.15) is 11.1 Å². The van der Waals surface area contributed by atoms with Gasteiger partial charge in [0.15, 0.2) is 0 Å². The van der Waals surface area contributed by atoms with Gasteiger partial charge in [0.25, 0.3) is 0 Å². The number of fused-ring (bicyclic) bond motifs is 3. The van der Waals surface area contributed by atoms with Gasteiger partial charge in [-0.2, -0.15) is 5.10 Å². The molecule has 0 unspecified atom stereocenters. The lowest BCUT2D eigenvalue weighted by molar-refractivity contribution is 0.943. The van der Waals surface area contributed by atoms with Gasteiger partial charge in [-0.25, -0.2) is 4.98 Å². The minimum absolute atomic E-state index is 0. The summed E-state index contributed by atoms with van der Waals surface area (Å²) in [6, 6.07) is 12.6. The van der Waals surface area contributed by atoms with Crippen molar-refractivity contribution in [3.8, 4) is 22.5 Å². The van der Waals surface area contributed by atoms with Crippen molar-refractivity contribution >= 4 is 18.2 Å². The number of benzene rings is 1. The summed E-state index contributed by atoms with van der Waals surface area (Å²) in [6.45, 7) is 0. The highest BCUT2D eigenvalue weighted by atomic mass is 35.5. The van der Waals surface area contributed by atoms with Crippen LogP contribution in [-0.4, -0.2) is 22.2 Å². The molecule has 0 saturated carbocycles. The summed E-state index contributed by atoms with van der Waals surface area (Å²) in [5.74, 6) is 0.862. The van der Waals surface area contributed by atoms with E-state index in [0.717, 1.165) is 35.6 Å². The van der Waals surface area contributed by atoms with Crippen molar-refractivity contribution in [1.82, 2.24) is 15.2 Å². The molecule has 0 fully saturated rings. The minimum atomic E-state index is 0. The topological polar surface area (TPSA) is 53.6 Å². The Morgan fingerprint density at radius 2 is 2.00 bits per heavy atom. The maximum Gasteiger partial charge on any atom is 0.126 e. The summed E-state index contributed by atoms with van der Waals surface area (Å²) in [4.78, 5) is 4.27. The number of aromatic nitrogens is 3. The van der Waals surface area contributed by atoms with E-state index in [1.807, 2.05) is 25.4 Å². The molecule has 2 N–H and O–H groups in total. The molecule has 1 aromatic carbocycles. The van der Waals surface area contributed by atoms with Gasteiger partial charge in [0.05, 0.1) is 11.4 Å². The molecule has 0 atom stereocenters. The first-order valence-corrected chi connectivity index (χ1v) is 7.16. The Morgan fingerprint density at radius 1 is 1.14 bits per heavy atom. The van der Waals surface area contributed by atoms with E-state index >= 15 is 0 Å². The molecule has 0 radical (unpaired) electrons. The monoisotopic (exact) mass is 312 g/mol. The van der Waals surface area contributed by atoms with Crippen LogP contribution in [0.5, 0.6) is 0 Å². The molecular weight excluding hydrogens is 296 g/mol. The van der Waals surface area contributed by atoms with E-state index in [9.17, 15) is 0 Å². The van der Waals surface area contributed by atoms with Crippen molar-refractivity contribution in [3.05, 3.63) is 53.7 Å². The molecule has 0 bridgehead atoms. The number of anilines is 1. The molecule has 1 aliphatic rings. The molecule has 0 amide bonds. The Labute approximate surface area is 135 Å². The molecule has 5 heteroatoms. The molecule has 4 rings (SSSR count). The zero-order chi connectivity index (χ0) is 14.2. The fourth-order valence-electron chi connectivity index (χ4n) is 3.03. The number of pyridine rings is 1. The summed E-state index contributed by atoms with van der Waals surface area (Å²) in [5, 5.41) is 10.9. The number of nitrogens with one attached hydrogen (secondary N) is 2. The van der Waals surface area contributed by atoms with Crippen LogP contribution in [0.3, 0.4) is 0 Å². The van der Waals surface area contributed by atoms with E-state index in [1.165, 1.54) is 16.7 Å². The number of H-pyrrole nitrogens is 1.